The molecule has 3 nitrogen and oxygen atoms in total. The van der Waals surface area contributed by atoms with E-state index in [4.69, 9.17) is 10.7 Å². The Kier molecular flexibility index (Phi) is 10.9. The zero-order valence-corrected chi connectivity index (χ0v) is 18.0. The summed E-state index contributed by atoms with van der Waals surface area (Å²) >= 11 is 0. The number of nitrogens with two attached hydrogens (primary N) is 1. The zero-order valence-electron chi connectivity index (χ0n) is 18.0. The monoisotopic (exact) mass is 361 g/mol. The largest absolute Gasteiger partial charge is 0.354 e. The summed E-state index contributed by atoms with van der Waals surface area (Å²) in [4.78, 5) is 7.59. The number of aliphatic imine (C=N–C) groups is 1. The van der Waals surface area contributed by atoms with E-state index in [9.17, 15) is 0 Å². The van der Waals surface area contributed by atoms with Crippen molar-refractivity contribution >= 4 is 5.84 Å². The first-order valence-corrected chi connectivity index (χ1v) is 10.9. The lowest BCUT2D eigenvalue weighted by Crippen LogP contribution is -2.47. The number of amidine groups is 1. The third kappa shape index (κ3) is 6.26. The van der Waals surface area contributed by atoms with Gasteiger partial charge in [-0.2, -0.15) is 0 Å². The van der Waals surface area contributed by atoms with Gasteiger partial charge in [0.25, 0.3) is 0 Å². The summed E-state index contributed by atoms with van der Waals surface area (Å²) in [5.41, 5.74) is 6.10. The molecule has 150 valence electrons. The summed E-state index contributed by atoms with van der Waals surface area (Å²) in [6, 6.07) is 0.848. The van der Waals surface area contributed by atoms with Gasteiger partial charge in [0.15, 0.2) is 0 Å². The predicted octanol–water partition coefficient (Wildman–Crippen LogP) is 5.72. The molecule has 1 rings (SSSR count). The van der Waals surface area contributed by atoms with Crippen molar-refractivity contribution in [2.75, 3.05) is 13.1 Å². The molecule has 2 unspecified atom stereocenters. The van der Waals surface area contributed by atoms with Gasteiger partial charge in [-0.25, -0.2) is 0 Å². The van der Waals surface area contributed by atoms with Gasteiger partial charge in [-0.15, -0.1) is 0 Å². The molecule has 0 amide bonds. The molecule has 0 fully saturated rings. The molecule has 0 radical (unpaired) electrons. The Morgan fingerprint density at radius 2 is 1.65 bits per heavy atom. The lowest BCUT2D eigenvalue weighted by molar-refractivity contribution is 0.270. The van der Waals surface area contributed by atoms with Crippen molar-refractivity contribution in [2.45, 2.75) is 98.1 Å². The number of hydrogen-bond donors (Lipinski definition) is 1. The highest BCUT2D eigenvalue weighted by Gasteiger charge is 2.41. The third-order valence-electron chi connectivity index (χ3n) is 6.12. The van der Waals surface area contributed by atoms with Crippen LogP contribution >= 0.6 is 0 Å². The van der Waals surface area contributed by atoms with Crippen LogP contribution in [0, 0.1) is 5.41 Å². The Morgan fingerprint density at radius 1 is 1.04 bits per heavy atom. The molecule has 26 heavy (non-hydrogen) atoms. The van der Waals surface area contributed by atoms with Gasteiger partial charge >= 0.3 is 0 Å². The Bertz CT molecular complexity index is 460. The highest BCUT2D eigenvalue weighted by Crippen LogP contribution is 2.39. The molecule has 0 aromatic carbocycles. The number of unbranched alkanes of at least 4 members (excludes halogenated alkanes) is 3. The molecule has 0 saturated heterocycles. The van der Waals surface area contributed by atoms with Crippen molar-refractivity contribution in [3.63, 3.8) is 0 Å². The average Bonchev–Trinajstić information content (AvgIpc) is 2.93. The Morgan fingerprint density at radius 3 is 2.19 bits per heavy atom. The molecule has 1 aliphatic heterocycles. The summed E-state index contributed by atoms with van der Waals surface area (Å²) < 4.78 is 0. The van der Waals surface area contributed by atoms with Gasteiger partial charge in [0.2, 0.25) is 0 Å². The van der Waals surface area contributed by atoms with E-state index in [2.05, 4.69) is 63.8 Å². The van der Waals surface area contributed by atoms with Crippen molar-refractivity contribution in [1.82, 2.24) is 4.90 Å². The van der Waals surface area contributed by atoms with Crippen LogP contribution in [0.2, 0.25) is 0 Å². The van der Waals surface area contributed by atoms with Gasteiger partial charge in [0.1, 0.15) is 5.84 Å². The first-order valence-electron chi connectivity index (χ1n) is 10.9. The standard InChI is InChI=1S/C23H43N3/c1-6-9-10-11-12-13-14-15-16-17-23(7-2,8-3)22-25-20(4)21(5)26(22)19-18-24/h11-14,20-21H,6-10,15-19,24H2,1-5H3. The second-order valence-corrected chi connectivity index (χ2v) is 7.79. The minimum atomic E-state index is 0.207. The lowest BCUT2D eigenvalue weighted by atomic mass is 9.76. The zero-order chi connectivity index (χ0) is 19.4. The fourth-order valence-electron chi connectivity index (χ4n) is 3.98. The normalized spacial score (nSPS) is 21.3. The molecule has 3 heteroatoms. The highest BCUT2D eigenvalue weighted by molar-refractivity contribution is 5.90. The quantitative estimate of drug-likeness (QED) is 0.337. The summed E-state index contributed by atoms with van der Waals surface area (Å²) in [5, 5.41) is 0. The van der Waals surface area contributed by atoms with E-state index in [1.165, 1.54) is 37.9 Å². The van der Waals surface area contributed by atoms with Crippen LogP contribution in [0.4, 0.5) is 0 Å². The van der Waals surface area contributed by atoms with Crippen molar-refractivity contribution in [1.29, 1.82) is 0 Å². The summed E-state index contributed by atoms with van der Waals surface area (Å²) in [7, 11) is 0. The minimum Gasteiger partial charge on any atom is -0.354 e. The van der Waals surface area contributed by atoms with Gasteiger partial charge in [-0.3, -0.25) is 4.99 Å². The lowest BCUT2D eigenvalue weighted by Gasteiger charge is -2.39. The summed E-state index contributed by atoms with van der Waals surface area (Å²) in [6.45, 7) is 13.0. The van der Waals surface area contributed by atoms with Crippen LogP contribution in [-0.4, -0.2) is 35.9 Å². The highest BCUT2D eigenvalue weighted by atomic mass is 15.3. The van der Waals surface area contributed by atoms with Crippen LogP contribution in [-0.2, 0) is 0 Å². The van der Waals surface area contributed by atoms with E-state index in [0.717, 1.165) is 25.8 Å². The Labute approximate surface area is 162 Å². The second-order valence-electron chi connectivity index (χ2n) is 7.79. The minimum absolute atomic E-state index is 0.207. The topological polar surface area (TPSA) is 41.6 Å². The van der Waals surface area contributed by atoms with Crippen molar-refractivity contribution in [3.8, 4) is 0 Å². The van der Waals surface area contributed by atoms with E-state index >= 15 is 0 Å². The van der Waals surface area contributed by atoms with Gasteiger partial charge in [-0.1, -0.05) is 57.9 Å². The fraction of sp³-hybridized carbons (Fsp3) is 0.783. The van der Waals surface area contributed by atoms with Crippen LogP contribution in [0.5, 0.6) is 0 Å². The Balaban J connectivity index is 2.65. The number of nitrogens with zero attached hydrogens (tertiary/aromatic N) is 2. The molecular formula is C23H43N3. The number of rotatable bonds is 13. The van der Waals surface area contributed by atoms with E-state index in [1.807, 2.05) is 0 Å². The first-order chi connectivity index (χ1) is 12.6. The van der Waals surface area contributed by atoms with Gasteiger partial charge < -0.3 is 10.6 Å². The summed E-state index contributed by atoms with van der Waals surface area (Å²) in [6.07, 6.45) is 18.7. The number of allylic oxidation sites excluding steroid dienone is 4. The van der Waals surface area contributed by atoms with Crippen LogP contribution in [0.3, 0.4) is 0 Å². The molecule has 1 heterocycles. The fourth-order valence-corrected chi connectivity index (χ4v) is 3.98. The molecule has 0 spiro atoms. The van der Waals surface area contributed by atoms with E-state index < -0.39 is 0 Å². The van der Waals surface area contributed by atoms with Gasteiger partial charge in [0.05, 0.1) is 6.04 Å². The molecule has 2 atom stereocenters. The maximum absolute atomic E-state index is 5.89. The summed E-state index contributed by atoms with van der Waals surface area (Å²) in [5.74, 6) is 1.33. The van der Waals surface area contributed by atoms with Crippen molar-refractivity contribution < 1.29 is 0 Å². The molecule has 0 aromatic heterocycles. The van der Waals surface area contributed by atoms with Crippen LogP contribution in [0.25, 0.3) is 0 Å². The third-order valence-corrected chi connectivity index (χ3v) is 6.12. The Hall–Kier alpha value is -1.09. The maximum Gasteiger partial charge on any atom is 0.106 e. The molecule has 2 N–H and O–H groups in total. The SMILES string of the molecule is CCCCC=CC=CCCCC(CC)(CC)C1=NC(C)C(C)N1CCN. The number of hydrogen-bond acceptors (Lipinski definition) is 3. The van der Waals surface area contributed by atoms with Crippen LogP contribution in [0.1, 0.15) is 86.0 Å². The van der Waals surface area contributed by atoms with E-state index in [1.54, 1.807) is 0 Å². The predicted molar refractivity (Wildman–Crippen MR) is 117 cm³/mol. The van der Waals surface area contributed by atoms with Gasteiger partial charge in [-0.05, 0) is 52.4 Å². The van der Waals surface area contributed by atoms with Crippen molar-refractivity contribution in [2.24, 2.45) is 16.1 Å². The molecule has 0 saturated carbocycles. The second kappa shape index (κ2) is 12.3. The molecule has 0 bridgehead atoms. The maximum atomic E-state index is 5.89. The molecular weight excluding hydrogens is 318 g/mol. The van der Waals surface area contributed by atoms with Crippen LogP contribution in [0.15, 0.2) is 29.3 Å². The van der Waals surface area contributed by atoms with Crippen molar-refractivity contribution in [3.05, 3.63) is 24.3 Å². The molecule has 0 aromatic rings. The van der Waals surface area contributed by atoms with Crippen LogP contribution < -0.4 is 5.73 Å². The van der Waals surface area contributed by atoms with E-state index in [-0.39, 0.29) is 5.41 Å². The molecule has 0 aliphatic carbocycles. The molecule has 1 aliphatic rings. The smallest absolute Gasteiger partial charge is 0.106 e. The average molecular weight is 362 g/mol. The first kappa shape index (κ1) is 23.0. The van der Waals surface area contributed by atoms with E-state index in [0.29, 0.717) is 18.6 Å². The van der Waals surface area contributed by atoms with Gasteiger partial charge in [0, 0.05) is 24.5 Å².